The smallest absolute Gasteiger partial charge is 0.160 e. The van der Waals surface area contributed by atoms with Gasteiger partial charge in [-0.25, -0.2) is 0 Å². The summed E-state index contributed by atoms with van der Waals surface area (Å²) in [5.74, 6) is 0.844. The van der Waals surface area contributed by atoms with Gasteiger partial charge in [-0.1, -0.05) is 0 Å². The fraction of sp³-hybridized carbons (Fsp3) is 0.615. The Morgan fingerprint density at radius 1 is 1.59 bits per heavy atom. The van der Waals surface area contributed by atoms with E-state index in [2.05, 4.69) is 28.3 Å². The minimum absolute atomic E-state index is 0.596. The van der Waals surface area contributed by atoms with Crippen molar-refractivity contribution in [3.8, 4) is 5.75 Å². The van der Waals surface area contributed by atoms with Gasteiger partial charge in [0.15, 0.2) is 5.75 Å². The topological polar surface area (TPSA) is 37.4 Å². The van der Waals surface area contributed by atoms with Gasteiger partial charge in [0.25, 0.3) is 0 Å². The van der Waals surface area contributed by atoms with Crippen LogP contribution in [0.2, 0.25) is 0 Å². The summed E-state index contributed by atoms with van der Waals surface area (Å²) in [5.41, 5.74) is 2.14. The first-order valence-electron chi connectivity index (χ1n) is 6.16. The third-order valence-corrected chi connectivity index (χ3v) is 3.27. The highest BCUT2D eigenvalue weighted by Gasteiger charge is 2.18. The first kappa shape index (κ1) is 12.2. The second kappa shape index (κ2) is 5.36. The largest absolute Gasteiger partial charge is 0.493 e. The Morgan fingerprint density at radius 3 is 3.06 bits per heavy atom. The van der Waals surface area contributed by atoms with Crippen LogP contribution in [-0.2, 0) is 0 Å². The lowest BCUT2D eigenvalue weighted by Gasteiger charge is -2.25. The highest BCUT2D eigenvalue weighted by Crippen LogP contribution is 2.27. The molecular weight excluding hydrogens is 214 g/mol. The number of aryl methyl sites for hydroxylation is 1. The molecule has 94 valence electrons. The van der Waals surface area contributed by atoms with Crippen LogP contribution in [-0.4, -0.2) is 38.3 Å². The normalized spacial score (nSPS) is 19.4. The van der Waals surface area contributed by atoms with Crippen molar-refractivity contribution in [1.29, 1.82) is 0 Å². The summed E-state index contributed by atoms with van der Waals surface area (Å²) in [6.45, 7) is 4.16. The Kier molecular flexibility index (Phi) is 3.84. The Bertz CT molecular complexity index is 375. The standard InChI is InChI=1S/C13H21N3O/c1-10-7-12(13(17-3)8-15-10)16(2)9-11-5-4-6-14-11/h7-8,11,14H,4-6,9H2,1-3H3. The first-order valence-corrected chi connectivity index (χ1v) is 6.16. The van der Waals surface area contributed by atoms with E-state index >= 15 is 0 Å². The van der Waals surface area contributed by atoms with Crippen molar-refractivity contribution in [3.05, 3.63) is 18.0 Å². The highest BCUT2D eigenvalue weighted by molar-refractivity contribution is 5.57. The second-order valence-corrected chi connectivity index (χ2v) is 4.67. The van der Waals surface area contributed by atoms with Crippen LogP contribution in [0.1, 0.15) is 18.5 Å². The summed E-state index contributed by atoms with van der Waals surface area (Å²) >= 11 is 0. The molecule has 0 spiro atoms. The number of aromatic nitrogens is 1. The molecule has 17 heavy (non-hydrogen) atoms. The number of anilines is 1. The average Bonchev–Trinajstić information content (AvgIpc) is 2.81. The fourth-order valence-electron chi connectivity index (χ4n) is 2.33. The van der Waals surface area contributed by atoms with Crippen molar-refractivity contribution in [2.75, 3.05) is 32.1 Å². The molecule has 0 saturated carbocycles. The third kappa shape index (κ3) is 2.88. The van der Waals surface area contributed by atoms with Crippen LogP contribution < -0.4 is 15.0 Å². The molecule has 1 aliphatic heterocycles. The number of ether oxygens (including phenoxy) is 1. The molecule has 0 aliphatic carbocycles. The van der Waals surface area contributed by atoms with Gasteiger partial charge in [-0.3, -0.25) is 4.98 Å². The van der Waals surface area contributed by atoms with Crippen molar-refractivity contribution in [2.24, 2.45) is 0 Å². The predicted molar refractivity (Wildman–Crippen MR) is 69.8 cm³/mol. The van der Waals surface area contributed by atoms with E-state index in [1.165, 1.54) is 12.8 Å². The van der Waals surface area contributed by atoms with E-state index in [0.29, 0.717) is 6.04 Å². The van der Waals surface area contributed by atoms with E-state index in [-0.39, 0.29) is 0 Å². The number of rotatable bonds is 4. The first-order chi connectivity index (χ1) is 8.20. The molecule has 1 fully saturated rings. The maximum absolute atomic E-state index is 5.36. The molecule has 1 aromatic heterocycles. The maximum atomic E-state index is 5.36. The van der Waals surface area contributed by atoms with Crippen LogP contribution in [0.25, 0.3) is 0 Å². The van der Waals surface area contributed by atoms with Gasteiger partial charge in [-0.15, -0.1) is 0 Å². The molecule has 1 aliphatic rings. The molecule has 2 rings (SSSR count). The minimum Gasteiger partial charge on any atom is -0.493 e. The van der Waals surface area contributed by atoms with E-state index in [4.69, 9.17) is 4.74 Å². The van der Waals surface area contributed by atoms with Gasteiger partial charge in [-0.05, 0) is 32.4 Å². The molecule has 4 nitrogen and oxygen atoms in total. The van der Waals surface area contributed by atoms with Crippen molar-refractivity contribution in [2.45, 2.75) is 25.8 Å². The Labute approximate surface area is 103 Å². The molecule has 0 amide bonds. The van der Waals surface area contributed by atoms with Gasteiger partial charge < -0.3 is 15.0 Å². The lowest BCUT2D eigenvalue weighted by molar-refractivity contribution is 0.412. The fourth-order valence-corrected chi connectivity index (χ4v) is 2.33. The van der Waals surface area contributed by atoms with Crippen LogP contribution >= 0.6 is 0 Å². The van der Waals surface area contributed by atoms with Crippen LogP contribution in [0.5, 0.6) is 5.75 Å². The van der Waals surface area contributed by atoms with Gasteiger partial charge >= 0.3 is 0 Å². The molecule has 1 aromatic rings. The van der Waals surface area contributed by atoms with Gasteiger partial charge in [0, 0.05) is 25.3 Å². The van der Waals surface area contributed by atoms with Crippen molar-refractivity contribution >= 4 is 5.69 Å². The molecule has 2 heterocycles. The Morgan fingerprint density at radius 2 is 2.41 bits per heavy atom. The van der Waals surface area contributed by atoms with Crippen LogP contribution in [0.15, 0.2) is 12.3 Å². The van der Waals surface area contributed by atoms with Crippen LogP contribution in [0, 0.1) is 6.92 Å². The minimum atomic E-state index is 0.596. The van der Waals surface area contributed by atoms with E-state index in [1.807, 2.05) is 6.92 Å². The predicted octanol–water partition coefficient (Wildman–Crippen LogP) is 1.59. The third-order valence-electron chi connectivity index (χ3n) is 3.27. The molecule has 4 heteroatoms. The second-order valence-electron chi connectivity index (χ2n) is 4.67. The number of nitrogens with one attached hydrogen (secondary N) is 1. The lowest BCUT2D eigenvalue weighted by Crippen LogP contribution is -2.35. The number of nitrogens with zero attached hydrogens (tertiary/aromatic N) is 2. The van der Waals surface area contributed by atoms with E-state index < -0.39 is 0 Å². The highest BCUT2D eigenvalue weighted by atomic mass is 16.5. The zero-order chi connectivity index (χ0) is 12.3. The monoisotopic (exact) mass is 235 g/mol. The SMILES string of the molecule is COc1cnc(C)cc1N(C)CC1CCCN1. The summed E-state index contributed by atoms with van der Waals surface area (Å²) in [4.78, 5) is 6.50. The number of hydrogen-bond acceptors (Lipinski definition) is 4. The van der Waals surface area contributed by atoms with Gasteiger partial charge in [0.1, 0.15) is 0 Å². The van der Waals surface area contributed by atoms with Crippen molar-refractivity contribution in [3.63, 3.8) is 0 Å². The summed E-state index contributed by atoms with van der Waals surface area (Å²) < 4.78 is 5.36. The molecule has 1 unspecified atom stereocenters. The molecule has 1 atom stereocenters. The zero-order valence-electron chi connectivity index (χ0n) is 10.9. The lowest BCUT2D eigenvalue weighted by atomic mass is 10.2. The Hall–Kier alpha value is -1.29. The Balaban J connectivity index is 2.11. The molecular formula is C13H21N3O. The molecule has 0 bridgehead atoms. The molecule has 0 aromatic carbocycles. The van der Waals surface area contributed by atoms with Gasteiger partial charge in [0.05, 0.1) is 19.0 Å². The number of pyridine rings is 1. The maximum Gasteiger partial charge on any atom is 0.160 e. The molecule has 1 saturated heterocycles. The van der Waals surface area contributed by atoms with Crippen molar-refractivity contribution < 1.29 is 4.74 Å². The zero-order valence-corrected chi connectivity index (χ0v) is 10.9. The van der Waals surface area contributed by atoms with Crippen molar-refractivity contribution in [1.82, 2.24) is 10.3 Å². The summed E-state index contributed by atoms with van der Waals surface area (Å²) in [6.07, 6.45) is 4.34. The number of likely N-dealkylation sites (N-methyl/N-ethyl adjacent to an activating group) is 1. The molecule has 0 radical (unpaired) electrons. The summed E-state index contributed by atoms with van der Waals surface area (Å²) in [7, 11) is 3.80. The van der Waals surface area contributed by atoms with E-state index in [9.17, 15) is 0 Å². The van der Waals surface area contributed by atoms with E-state index in [1.54, 1.807) is 13.3 Å². The average molecular weight is 235 g/mol. The number of hydrogen-bond donors (Lipinski definition) is 1. The van der Waals surface area contributed by atoms with E-state index in [0.717, 1.165) is 30.2 Å². The summed E-state index contributed by atoms with van der Waals surface area (Å²) in [5, 5.41) is 3.51. The van der Waals surface area contributed by atoms with Crippen LogP contribution in [0.3, 0.4) is 0 Å². The summed E-state index contributed by atoms with van der Waals surface area (Å²) in [6, 6.07) is 2.67. The molecule has 1 N–H and O–H groups in total. The quantitative estimate of drug-likeness (QED) is 0.860. The number of methoxy groups -OCH3 is 1. The van der Waals surface area contributed by atoms with Gasteiger partial charge in [0.2, 0.25) is 0 Å². The van der Waals surface area contributed by atoms with Crippen LogP contribution in [0.4, 0.5) is 5.69 Å². The van der Waals surface area contributed by atoms with Gasteiger partial charge in [-0.2, -0.15) is 0 Å².